The van der Waals surface area contributed by atoms with Crippen molar-refractivity contribution in [3.05, 3.63) is 46.4 Å². The zero-order valence-corrected chi connectivity index (χ0v) is 11.8. The largest absolute Gasteiger partial charge is 0.485 e. The third-order valence-corrected chi connectivity index (χ3v) is 3.07. The van der Waals surface area contributed by atoms with Crippen LogP contribution in [0.4, 0.5) is 5.82 Å². The van der Waals surface area contributed by atoms with E-state index in [1.165, 1.54) is 11.1 Å². The van der Waals surface area contributed by atoms with Gasteiger partial charge in [-0.3, -0.25) is 0 Å². The molecule has 0 amide bonds. The zero-order valence-electron chi connectivity index (χ0n) is 11.8. The number of nitrogens with zero attached hydrogens (tertiary/aromatic N) is 2. The molecule has 1 aromatic carbocycles. The van der Waals surface area contributed by atoms with Crippen molar-refractivity contribution in [1.82, 2.24) is 9.97 Å². The summed E-state index contributed by atoms with van der Waals surface area (Å²) in [6.45, 7) is 8.42. The van der Waals surface area contributed by atoms with Gasteiger partial charge in [-0.2, -0.15) is 0 Å². The van der Waals surface area contributed by atoms with E-state index in [-0.39, 0.29) is 0 Å². The lowest BCUT2D eigenvalue weighted by Crippen LogP contribution is -2.06. The fourth-order valence-corrected chi connectivity index (χ4v) is 1.95. The van der Waals surface area contributed by atoms with Gasteiger partial charge in [0.15, 0.2) is 5.82 Å². The van der Waals surface area contributed by atoms with E-state index in [9.17, 15) is 0 Å². The van der Waals surface area contributed by atoms with Gasteiger partial charge < -0.3 is 10.5 Å². The standard InChI is InChI=1S/C15H19N3O/c1-9-5-11(3)13(6-10(9)2)19-8-15-17-12(4)7-14(16)18-15/h5-7H,8H2,1-4H3,(H2,16,17,18). The summed E-state index contributed by atoms with van der Waals surface area (Å²) in [6.07, 6.45) is 0. The van der Waals surface area contributed by atoms with Crippen LogP contribution < -0.4 is 10.5 Å². The Bertz CT molecular complexity index is 588. The van der Waals surface area contributed by atoms with Gasteiger partial charge in [-0.05, 0) is 50.5 Å². The molecule has 0 saturated heterocycles. The number of anilines is 1. The molecule has 0 bridgehead atoms. The maximum absolute atomic E-state index is 5.79. The van der Waals surface area contributed by atoms with Crippen molar-refractivity contribution in [3.8, 4) is 5.75 Å². The van der Waals surface area contributed by atoms with Crippen molar-refractivity contribution >= 4 is 5.82 Å². The lowest BCUT2D eigenvalue weighted by atomic mass is 10.1. The summed E-state index contributed by atoms with van der Waals surface area (Å²) in [7, 11) is 0. The minimum atomic E-state index is 0.329. The van der Waals surface area contributed by atoms with Crippen LogP contribution in [-0.4, -0.2) is 9.97 Å². The number of hydrogen-bond acceptors (Lipinski definition) is 4. The number of rotatable bonds is 3. The summed E-state index contributed by atoms with van der Waals surface area (Å²) < 4.78 is 5.79. The monoisotopic (exact) mass is 257 g/mol. The van der Waals surface area contributed by atoms with Crippen LogP contribution in [-0.2, 0) is 6.61 Å². The van der Waals surface area contributed by atoms with E-state index in [1.54, 1.807) is 6.07 Å². The van der Waals surface area contributed by atoms with Gasteiger partial charge in [-0.1, -0.05) is 6.07 Å². The van der Waals surface area contributed by atoms with E-state index < -0.39 is 0 Å². The molecule has 0 aliphatic rings. The van der Waals surface area contributed by atoms with Gasteiger partial charge in [0.25, 0.3) is 0 Å². The molecule has 4 nitrogen and oxygen atoms in total. The van der Waals surface area contributed by atoms with Gasteiger partial charge in [0.2, 0.25) is 0 Å². The average molecular weight is 257 g/mol. The van der Waals surface area contributed by atoms with Crippen molar-refractivity contribution in [3.63, 3.8) is 0 Å². The number of aromatic nitrogens is 2. The van der Waals surface area contributed by atoms with Gasteiger partial charge in [0.05, 0.1) is 0 Å². The number of hydrogen-bond donors (Lipinski definition) is 1. The lowest BCUT2D eigenvalue weighted by Gasteiger charge is -2.11. The molecule has 2 rings (SSSR count). The summed E-state index contributed by atoms with van der Waals surface area (Å²) in [5, 5.41) is 0. The Morgan fingerprint density at radius 3 is 2.32 bits per heavy atom. The van der Waals surface area contributed by atoms with Crippen molar-refractivity contribution in [2.75, 3.05) is 5.73 Å². The third kappa shape index (κ3) is 3.22. The number of nitrogens with two attached hydrogens (primary N) is 1. The summed E-state index contributed by atoms with van der Waals surface area (Å²) in [5.41, 5.74) is 10.1. The molecule has 4 heteroatoms. The summed E-state index contributed by atoms with van der Waals surface area (Å²) in [6, 6.07) is 5.91. The molecule has 0 fully saturated rings. The summed E-state index contributed by atoms with van der Waals surface area (Å²) >= 11 is 0. The number of ether oxygens (including phenoxy) is 1. The molecule has 0 radical (unpaired) electrons. The molecule has 1 heterocycles. The fourth-order valence-electron chi connectivity index (χ4n) is 1.95. The molecule has 100 valence electrons. The average Bonchev–Trinajstić information content (AvgIpc) is 2.31. The van der Waals surface area contributed by atoms with E-state index in [0.717, 1.165) is 17.0 Å². The molecule has 2 N–H and O–H groups in total. The van der Waals surface area contributed by atoms with Crippen molar-refractivity contribution < 1.29 is 4.74 Å². The Morgan fingerprint density at radius 2 is 1.63 bits per heavy atom. The molecule has 0 aliphatic carbocycles. The van der Waals surface area contributed by atoms with E-state index in [2.05, 4.69) is 29.9 Å². The second-order valence-electron chi connectivity index (χ2n) is 4.84. The van der Waals surface area contributed by atoms with Crippen LogP contribution in [0, 0.1) is 27.7 Å². The molecule has 0 aliphatic heterocycles. The highest BCUT2D eigenvalue weighted by atomic mass is 16.5. The van der Waals surface area contributed by atoms with Crippen molar-refractivity contribution in [2.24, 2.45) is 0 Å². The minimum absolute atomic E-state index is 0.329. The molecule has 19 heavy (non-hydrogen) atoms. The van der Waals surface area contributed by atoms with Crippen LogP contribution in [0.3, 0.4) is 0 Å². The highest BCUT2D eigenvalue weighted by molar-refractivity contribution is 5.41. The van der Waals surface area contributed by atoms with Gasteiger partial charge in [0, 0.05) is 11.8 Å². The van der Waals surface area contributed by atoms with Gasteiger partial charge >= 0.3 is 0 Å². The second kappa shape index (κ2) is 5.26. The molecule has 0 atom stereocenters. The molecule has 1 aromatic heterocycles. The van der Waals surface area contributed by atoms with Gasteiger partial charge in [-0.15, -0.1) is 0 Å². The fraction of sp³-hybridized carbons (Fsp3) is 0.333. The molecule has 0 unspecified atom stereocenters. The summed E-state index contributed by atoms with van der Waals surface area (Å²) in [5.74, 6) is 1.95. The third-order valence-electron chi connectivity index (χ3n) is 3.07. The molecule has 2 aromatic rings. The first-order chi connectivity index (χ1) is 8.95. The Labute approximate surface area is 113 Å². The molecule has 0 spiro atoms. The molecular formula is C15H19N3O. The number of aryl methyl sites for hydroxylation is 4. The molecule has 0 saturated carbocycles. The quantitative estimate of drug-likeness (QED) is 0.918. The van der Waals surface area contributed by atoms with Gasteiger partial charge in [-0.25, -0.2) is 9.97 Å². The van der Waals surface area contributed by atoms with Crippen LogP contribution in [0.5, 0.6) is 5.75 Å². The zero-order chi connectivity index (χ0) is 14.0. The van der Waals surface area contributed by atoms with E-state index in [1.807, 2.05) is 19.9 Å². The Balaban J connectivity index is 2.16. The molecular weight excluding hydrogens is 238 g/mol. The number of nitrogen functional groups attached to an aromatic ring is 1. The van der Waals surface area contributed by atoms with Crippen molar-refractivity contribution in [1.29, 1.82) is 0 Å². The normalized spacial score (nSPS) is 10.5. The van der Waals surface area contributed by atoms with Crippen LogP contribution >= 0.6 is 0 Å². The first-order valence-electron chi connectivity index (χ1n) is 6.26. The maximum Gasteiger partial charge on any atom is 0.168 e. The van der Waals surface area contributed by atoms with Crippen LogP contribution in [0.2, 0.25) is 0 Å². The highest BCUT2D eigenvalue weighted by Gasteiger charge is 2.05. The topological polar surface area (TPSA) is 61.0 Å². The predicted octanol–water partition coefficient (Wildman–Crippen LogP) is 2.87. The van der Waals surface area contributed by atoms with Gasteiger partial charge in [0.1, 0.15) is 18.2 Å². The van der Waals surface area contributed by atoms with E-state index in [4.69, 9.17) is 10.5 Å². The van der Waals surface area contributed by atoms with Crippen LogP contribution in [0.25, 0.3) is 0 Å². The first kappa shape index (κ1) is 13.3. The number of benzene rings is 1. The lowest BCUT2D eigenvalue weighted by molar-refractivity contribution is 0.293. The summed E-state index contributed by atoms with van der Waals surface area (Å²) in [4.78, 5) is 8.46. The van der Waals surface area contributed by atoms with E-state index >= 15 is 0 Å². The highest BCUT2D eigenvalue weighted by Crippen LogP contribution is 2.23. The minimum Gasteiger partial charge on any atom is -0.485 e. The van der Waals surface area contributed by atoms with Crippen LogP contribution in [0.15, 0.2) is 18.2 Å². The Kier molecular flexibility index (Phi) is 3.69. The maximum atomic E-state index is 5.79. The Morgan fingerprint density at radius 1 is 0.947 bits per heavy atom. The van der Waals surface area contributed by atoms with Crippen molar-refractivity contribution in [2.45, 2.75) is 34.3 Å². The van der Waals surface area contributed by atoms with Crippen LogP contribution in [0.1, 0.15) is 28.2 Å². The Hall–Kier alpha value is -2.10. The SMILES string of the molecule is Cc1cc(N)nc(COc2cc(C)c(C)cc2C)n1. The first-order valence-corrected chi connectivity index (χ1v) is 6.26. The predicted molar refractivity (Wildman–Crippen MR) is 76.2 cm³/mol. The van der Waals surface area contributed by atoms with E-state index in [0.29, 0.717) is 18.2 Å². The second-order valence-corrected chi connectivity index (χ2v) is 4.84. The smallest absolute Gasteiger partial charge is 0.168 e.